The second-order valence-corrected chi connectivity index (χ2v) is 9.51. The summed E-state index contributed by atoms with van der Waals surface area (Å²) in [5, 5.41) is 0. The van der Waals surface area contributed by atoms with Gasteiger partial charge in [-0.25, -0.2) is 4.79 Å². The van der Waals surface area contributed by atoms with Gasteiger partial charge in [-0.15, -0.1) is 0 Å². The van der Waals surface area contributed by atoms with Crippen LogP contribution in [-0.4, -0.2) is 42.6 Å². The van der Waals surface area contributed by atoms with E-state index >= 15 is 0 Å². The van der Waals surface area contributed by atoms with Crippen LogP contribution < -0.4 is 4.74 Å². The molecule has 0 bridgehead atoms. The van der Waals surface area contributed by atoms with E-state index in [2.05, 4.69) is 46.8 Å². The predicted molar refractivity (Wildman–Crippen MR) is 111 cm³/mol. The van der Waals surface area contributed by atoms with Crippen LogP contribution >= 0.6 is 0 Å². The molecule has 27 heavy (non-hydrogen) atoms. The molecular weight excluding hydrogens is 336 g/mol. The van der Waals surface area contributed by atoms with Crippen LogP contribution in [0.4, 0.5) is 4.79 Å². The number of hydrogen-bond acceptors (Lipinski definition) is 2. The minimum absolute atomic E-state index is 0.0289. The standard InChI is InChI=1S/C23H34N2O2/c1-22(2,3)20-19(17-11-10-12-18(15-17)27-6)25(16-23(20,4)5)21(26)24-13-8-7-9-14-24/h10-12,15H,7-9,13-14,16H2,1-6H3. The van der Waals surface area contributed by atoms with E-state index in [4.69, 9.17) is 4.74 Å². The van der Waals surface area contributed by atoms with Crippen molar-refractivity contribution in [3.63, 3.8) is 0 Å². The summed E-state index contributed by atoms with van der Waals surface area (Å²) in [5.41, 5.74) is 3.38. The number of methoxy groups -OCH3 is 1. The highest BCUT2D eigenvalue weighted by atomic mass is 16.5. The van der Waals surface area contributed by atoms with Crippen LogP contribution in [0.3, 0.4) is 0 Å². The number of carbonyl (C=O) groups excluding carboxylic acids is 1. The fraction of sp³-hybridized carbons (Fsp3) is 0.609. The van der Waals surface area contributed by atoms with Crippen molar-refractivity contribution in [3.8, 4) is 5.75 Å². The minimum Gasteiger partial charge on any atom is -0.497 e. The van der Waals surface area contributed by atoms with E-state index in [1.807, 2.05) is 21.9 Å². The summed E-state index contributed by atoms with van der Waals surface area (Å²) in [4.78, 5) is 17.5. The number of urea groups is 1. The van der Waals surface area contributed by atoms with Crippen LogP contribution in [0.2, 0.25) is 0 Å². The van der Waals surface area contributed by atoms with Crippen LogP contribution in [0.5, 0.6) is 5.75 Å². The number of piperidine rings is 1. The molecule has 0 spiro atoms. The largest absolute Gasteiger partial charge is 0.497 e. The van der Waals surface area contributed by atoms with Gasteiger partial charge in [0.2, 0.25) is 0 Å². The molecule has 4 nitrogen and oxygen atoms in total. The molecule has 0 atom stereocenters. The van der Waals surface area contributed by atoms with Gasteiger partial charge in [0.1, 0.15) is 5.75 Å². The first kappa shape index (κ1) is 19.8. The van der Waals surface area contributed by atoms with E-state index in [0.29, 0.717) is 0 Å². The summed E-state index contributed by atoms with van der Waals surface area (Å²) >= 11 is 0. The van der Waals surface area contributed by atoms with Gasteiger partial charge in [-0.2, -0.15) is 0 Å². The maximum atomic E-state index is 13.5. The molecule has 2 amide bonds. The molecule has 0 N–H and O–H groups in total. The molecule has 0 saturated carbocycles. The normalized spacial score (nSPS) is 20.2. The summed E-state index contributed by atoms with van der Waals surface area (Å²) < 4.78 is 5.46. The molecule has 0 aliphatic carbocycles. The monoisotopic (exact) mass is 370 g/mol. The topological polar surface area (TPSA) is 32.8 Å². The predicted octanol–water partition coefficient (Wildman–Crippen LogP) is 5.40. The van der Waals surface area contributed by atoms with Gasteiger partial charge >= 0.3 is 6.03 Å². The van der Waals surface area contributed by atoms with Gasteiger partial charge in [-0.1, -0.05) is 46.8 Å². The molecule has 2 aliphatic rings. The van der Waals surface area contributed by atoms with E-state index in [1.165, 1.54) is 12.0 Å². The molecular formula is C23H34N2O2. The van der Waals surface area contributed by atoms with Crippen molar-refractivity contribution >= 4 is 11.7 Å². The molecule has 2 heterocycles. The number of rotatable bonds is 2. The Morgan fingerprint density at radius 1 is 1.11 bits per heavy atom. The van der Waals surface area contributed by atoms with Gasteiger partial charge in [0, 0.05) is 30.6 Å². The number of benzene rings is 1. The third-order valence-electron chi connectivity index (χ3n) is 5.69. The molecule has 148 valence electrons. The van der Waals surface area contributed by atoms with Crippen molar-refractivity contribution in [3.05, 3.63) is 35.4 Å². The van der Waals surface area contributed by atoms with Crippen molar-refractivity contribution in [1.29, 1.82) is 0 Å². The lowest BCUT2D eigenvalue weighted by Gasteiger charge is -2.33. The molecule has 1 saturated heterocycles. The highest BCUT2D eigenvalue weighted by Gasteiger charge is 2.46. The van der Waals surface area contributed by atoms with Crippen LogP contribution in [0.15, 0.2) is 29.8 Å². The Morgan fingerprint density at radius 2 is 1.78 bits per heavy atom. The second-order valence-electron chi connectivity index (χ2n) is 9.51. The molecule has 1 aromatic rings. The van der Waals surface area contributed by atoms with Crippen molar-refractivity contribution < 1.29 is 9.53 Å². The zero-order valence-corrected chi connectivity index (χ0v) is 17.8. The van der Waals surface area contributed by atoms with E-state index in [0.717, 1.165) is 49.5 Å². The molecule has 4 heteroatoms. The van der Waals surface area contributed by atoms with Crippen molar-refractivity contribution in [1.82, 2.24) is 9.80 Å². The maximum Gasteiger partial charge on any atom is 0.324 e. The lowest BCUT2D eigenvalue weighted by molar-refractivity contribution is 0.157. The van der Waals surface area contributed by atoms with Crippen LogP contribution in [0, 0.1) is 10.8 Å². The summed E-state index contributed by atoms with van der Waals surface area (Å²) in [6, 6.07) is 8.27. The first-order valence-electron chi connectivity index (χ1n) is 10.1. The minimum atomic E-state index is -0.0674. The number of nitrogens with zero attached hydrogens (tertiary/aromatic N) is 2. The Hall–Kier alpha value is -1.97. The molecule has 0 aromatic heterocycles. The number of carbonyl (C=O) groups is 1. The fourth-order valence-corrected chi connectivity index (χ4v) is 4.87. The van der Waals surface area contributed by atoms with E-state index in [-0.39, 0.29) is 16.9 Å². The maximum absolute atomic E-state index is 13.5. The zero-order valence-electron chi connectivity index (χ0n) is 17.8. The Balaban J connectivity index is 2.12. The summed E-state index contributed by atoms with van der Waals surface area (Å²) in [5.74, 6) is 0.823. The first-order chi connectivity index (χ1) is 12.6. The van der Waals surface area contributed by atoms with Crippen LogP contribution in [-0.2, 0) is 0 Å². The molecule has 3 rings (SSSR count). The Morgan fingerprint density at radius 3 is 2.37 bits per heavy atom. The van der Waals surface area contributed by atoms with E-state index in [1.54, 1.807) is 7.11 Å². The lowest BCUT2D eigenvalue weighted by Crippen LogP contribution is -2.44. The number of likely N-dealkylation sites (tertiary alicyclic amines) is 1. The third kappa shape index (κ3) is 3.85. The number of hydrogen-bond donors (Lipinski definition) is 0. The Kier molecular flexibility index (Phi) is 5.29. The summed E-state index contributed by atoms with van der Waals surface area (Å²) in [6.07, 6.45) is 3.43. The van der Waals surface area contributed by atoms with Gasteiger partial charge in [0.25, 0.3) is 0 Å². The smallest absolute Gasteiger partial charge is 0.324 e. The van der Waals surface area contributed by atoms with Crippen LogP contribution in [0.1, 0.15) is 59.4 Å². The highest BCUT2D eigenvalue weighted by Crippen LogP contribution is 2.51. The van der Waals surface area contributed by atoms with Crippen LogP contribution in [0.25, 0.3) is 5.70 Å². The summed E-state index contributed by atoms with van der Waals surface area (Å²) in [7, 11) is 1.69. The second kappa shape index (κ2) is 7.21. The van der Waals surface area contributed by atoms with Gasteiger partial charge in [-0.05, 0) is 42.4 Å². The Labute approximate surface area is 164 Å². The van der Waals surface area contributed by atoms with Crippen molar-refractivity contribution in [2.75, 3.05) is 26.7 Å². The third-order valence-corrected chi connectivity index (χ3v) is 5.69. The SMILES string of the molecule is COc1cccc(C2=C(C(C)(C)C)C(C)(C)CN2C(=O)N2CCCCC2)c1. The molecule has 0 radical (unpaired) electrons. The van der Waals surface area contributed by atoms with Crippen molar-refractivity contribution in [2.24, 2.45) is 10.8 Å². The quantitative estimate of drug-likeness (QED) is 0.698. The number of amides is 2. The van der Waals surface area contributed by atoms with E-state index in [9.17, 15) is 4.79 Å². The highest BCUT2D eigenvalue weighted by molar-refractivity contribution is 5.89. The fourth-order valence-electron chi connectivity index (χ4n) is 4.87. The lowest BCUT2D eigenvalue weighted by atomic mass is 9.71. The Bertz CT molecular complexity index is 737. The average molecular weight is 371 g/mol. The number of ether oxygens (including phenoxy) is 1. The zero-order chi connectivity index (χ0) is 19.8. The molecule has 0 unspecified atom stereocenters. The van der Waals surface area contributed by atoms with Gasteiger partial charge < -0.3 is 9.64 Å². The molecule has 1 aromatic carbocycles. The molecule has 1 fully saturated rings. The van der Waals surface area contributed by atoms with Gasteiger partial charge in [0.15, 0.2) is 0 Å². The molecule has 2 aliphatic heterocycles. The van der Waals surface area contributed by atoms with Gasteiger partial charge in [-0.3, -0.25) is 4.90 Å². The first-order valence-corrected chi connectivity index (χ1v) is 10.1. The van der Waals surface area contributed by atoms with E-state index < -0.39 is 0 Å². The average Bonchev–Trinajstić information content (AvgIpc) is 2.93. The summed E-state index contributed by atoms with van der Waals surface area (Å²) in [6.45, 7) is 13.7. The van der Waals surface area contributed by atoms with Gasteiger partial charge in [0.05, 0.1) is 12.8 Å². The van der Waals surface area contributed by atoms with Crippen molar-refractivity contribution in [2.45, 2.75) is 53.9 Å².